The fraction of sp³-hybridized carbons (Fsp3) is 0.593. The number of nitrogens with zero attached hydrogens (tertiary/aromatic N) is 3. The van der Waals surface area contributed by atoms with E-state index in [0.29, 0.717) is 50.6 Å². The SMILES string of the molecule is CN1CCOc2ncc(S(=O)(=O)N3CCC4(CC3)C[C@@H](NCC(O)COc3cccc(S(=O)(=O)C(F)(F)CO)c3)CO4)cc21. The molecular formula is C27H36F2N4O9S2. The minimum atomic E-state index is -5.11. The molecule has 13 nitrogen and oxygen atoms in total. The zero-order valence-electron chi connectivity index (χ0n) is 24.1. The second-order valence-corrected chi connectivity index (χ2v) is 15.2. The number of anilines is 1. The van der Waals surface area contributed by atoms with Crippen LogP contribution in [-0.2, 0) is 24.6 Å². The van der Waals surface area contributed by atoms with Crippen LogP contribution in [0.2, 0.25) is 0 Å². The number of nitrogens with one attached hydrogen (secondary N) is 1. The van der Waals surface area contributed by atoms with Gasteiger partial charge in [-0.05, 0) is 43.5 Å². The maximum atomic E-state index is 13.7. The largest absolute Gasteiger partial charge is 0.491 e. The van der Waals surface area contributed by atoms with Crippen LogP contribution in [-0.4, -0.2) is 119 Å². The summed E-state index contributed by atoms with van der Waals surface area (Å²) in [6, 6.07) is 5.98. The average Bonchev–Trinajstić information content (AvgIpc) is 3.41. The number of sulfonamides is 1. The van der Waals surface area contributed by atoms with Gasteiger partial charge in [-0.15, -0.1) is 0 Å². The second-order valence-electron chi connectivity index (χ2n) is 11.2. The highest BCUT2D eigenvalue weighted by molar-refractivity contribution is 7.92. The lowest BCUT2D eigenvalue weighted by Crippen LogP contribution is -2.47. The molecule has 2 aromatic rings. The van der Waals surface area contributed by atoms with Crippen molar-refractivity contribution in [2.24, 2.45) is 0 Å². The Morgan fingerprint density at radius 2 is 1.93 bits per heavy atom. The molecule has 1 spiro atoms. The van der Waals surface area contributed by atoms with E-state index in [1.54, 1.807) is 6.07 Å². The summed E-state index contributed by atoms with van der Waals surface area (Å²) in [5, 5.41) is 18.0. The third-order valence-corrected chi connectivity index (χ3v) is 11.8. The number of likely N-dealkylation sites (N-methyl/N-ethyl adjacent to an activating group) is 1. The highest BCUT2D eigenvalue weighted by Crippen LogP contribution is 2.38. The monoisotopic (exact) mass is 662 g/mol. The van der Waals surface area contributed by atoms with Gasteiger partial charge < -0.3 is 34.6 Å². The topological polar surface area (TPSA) is 168 Å². The number of hydrogen-bond acceptors (Lipinski definition) is 12. The van der Waals surface area contributed by atoms with Crippen molar-refractivity contribution in [3.05, 3.63) is 36.5 Å². The van der Waals surface area contributed by atoms with Crippen LogP contribution in [0, 0.1) is 0 Å². The summed E-state index contributed by atoms with van der Waals surface area (Å²) in [6.07, 6.45) is 1.95. The van der Waals surface area contributed by atoms with Crippen LogP contribution in [0.25, 0.3) is 0 Å². The number of halogens is 2. The third-order valence-electron chi connectivity index (χ3n) is 8.14. The van der Waals surface area contributed by atoms with E-state index in [9.17, 15) is 30.7 Å². The van der Waals surface area contributed by atoms with Gasteiger partial charge in [-0.1, -0.05) is 6.07 Å². The maximum absolute atomic E-state index is 13.7. The van der Waals surface area contributed by atoms with E-state index in [1.807, 2.05) is 11.9 Å². The van der Waals surface area contributed by atoms with Gasteiger partial charge in [0.15, 0.2) is 0 Å². The minimum Gasteiger partial charge on any atom is -0.491 e. The molecule has 3 aliphatic heterocycles. The molecule has 2 atom stereocenters. The molecule has 0 aliphatic carbocycles. The zero-order valence-corrected chi connectivity index (χ0v) is 25.7. The molecule has 44 heavy (non-hydrogen) atoms. The molecule has 1 unspecified atom stereocenters. The molecule has 0 bridgehead atoms. The lowest BCUT2D eigenvalue weighted by molar-refractivity contribution is -0.0312. The molecular weight excluding hydrogens is 626 g/mol. The van der Waals surface area contributed by atoms with E-state index in [1.165, 1.54) is 22.6 Å². The summed E-state index contributed by atoms with van der Waals surface area (Å²) in [7, 11) is -7.01. The van der Waals surface area contributed by atoms with Crippen molar-refractivity contribution in [1.29, 1.82) is 0 Å². The number of aliphatic hydroxyl groups is 2. The Morgan fingerprint density at radius 1 is 1.18 bits per heavy atom. The van der Waals surface area contributed by atoms with Crippen LogP contribution in [0.3, 0.4) is 0 Å². The summed E-state index contributed by atoms with van der Waals surface area (Å²) in [5.74, 6) is 0.381. The van der Waals surface area contributed by atoms with Gasteiger partial charge in [-0.2, -0.15) is 13.1 Å². The number of aliphatic hydroxyl groups excluding tert-OH is 2. The molecule has 0 amide bonds. The van der Waals surface area contributed by atoms with Crippen molar-refractivity contribution in [2.45, 2.75) is 52.1 Å². The van der Waals surface area contributed by atoms with Crippen molar-refractivity contribution in [1.82, 2.24) is 14.6 Å². The number of aromatic nitrogens is 1. The predicted molar refractivity (Wildman–Crippen MR) is 153 cm³/mol. The number of benzene rings is 1. The molecule has 1 aromatic heterocycles. The highest BCUT2D eigenvalue weighted by atomic mass is 32.2. The number of hydrogen-bond donors (Lipinski definition) is 3. The molecule has 3 aliphatic rings. The molecule has 2 saturated heterocycles. The third kappa shape index (κ3) is 6.63. The normalized spacial score (nSPS) is 21.6. The number of sulfone groups is 1. The first-order valence-electron chi connectivity index (χ1n) is 14.1. The Hall–Kier alpha value is -2.67. The summed E-state index contributed by atoms with van der Waals surface area (Å²) in [4.78, 5) is 5.52. The number of alkyl halides is 2. The lowest BCUT2D eigenvalue weighted by atomic mass is 9.88. The van der Waals surface area contributed by atoms with E-state index in [-0.39, 0.29) is 42.9 Å². The standard InChI is InChI=1S/C27H36F2N4O9S2/c1-32-9-10-40-25-24(32)12-23(15-31-25)44(38,39)33-7-5-26(6-8-33)13-19(16-42-26)30-14-20(35)17-41-21-3-2-4-22(11-21)43(36,37)27(28,29)18-34/h2-4,11-12,15,19-20,30,34-35H,5-10,13-14,16-18H2,1H3/t19-,20?/m1/s1. The van der Waals surface area contributed by atoms with Crippen molar-refractivity contribution in [3.8, 4) is 11.6 Å². The number of fused-ring (bicyclic) bond motifs is 1. The van der Waals surface area contributed by atoms with E-state index in [4.69, 9.17) is 19.3 Å². The Labute approximate surface area is 254 Å². The maximum Gasteiger partial charge on any atom is 0.372 e. The Bertz CT molecular complexity index is 1550. The molecule has 4 heterocycles. The molecule has 2 fully saturated rings. The highest BCUT2D eigenvalue weighted by Gasteiger charge is 2.46. The van der Waals surface area contributed by atoms with Crippen LogP contribution in [0.5, 0.6) is 11.6 Å². The zero-order chi connectivity index (χ0) is 31.8. The van der Waals surface area contributed by atoms with Crippen LogP contribution in [0.15, 0.2) is 46.3 Å². The van der Waals surface area contributed by atoms with Gasteiger partial charge in [0.1, 0.15) is 42.3 Å². The van der Waals surface area contributed by atoms with Crippen molar-refractivity contribution >= 4 is 25.5 Å². The first-order chi connectivity index (χ1) is 20.8. The number of rotatable bonds is 11. The second kappa shape index (κ2) is 12.6. The van der Waals surface area contributed by atoms with Gasteiger partial charge in [-0.3, -0.25) is 0 Å². The van der Waals surface area contributed by atoms with Gasteiger partial charge in [0.2, 0.25) is 25.7 Å². The minimum absolute atomic E-state index is 0.0322. The lowest BCUT2D eigenvalue weighted by Gasteiger charge is -2.38. The molecule has 17 heteroatoms. The van der Waals surface area contributed by atoms with E-state index in [2.05, 4.69) is 10.3 Å². The molecule has 0 saturated carbocycles. The fourth-order valence-corrected chi connectivity index (χ4v) is 7.95. The Morgan fingerprint density at radius 3 is 2.66 bits per heavy atom. The molecule has 0 radical (unpaired) electrons. The molecule has 244 valence electrons. The summed E-state index contributed by atoms with van der Waals surface area (Å²) < 4.78 is 96.7. The fourth-order valence-electron chi connectivity index (χ4n) is 5.50. The Balaban J connectivity index is 1.09. The summed E-state index contributed by atoms with van der Waals surface area (Å²) in [5.41, 5.74) is 0.145. The van der Waals surface area contributed by atoms with Gasteiger partial charge in [0, 0.05) is 32.7 Å². The van der Waals surface area contributed by atoms with Gasteiger partial charge in [0.25, 0.3) is 0 Å². The van der Waals surface area contributed by atoms with Crippen LogP contribution >= 0.6 is 0 Å². The first kappa shape index (κ1) is 32.7. The van der Waals surface area contributed by atoms with Crippen LogP contribution in [0.1, 0.15) is 19.3 Å². The molecule has 3 N–H and O–H groups in total. The van der Waals surface area contributed by atoms with Crippen molar-refractivity contribution in [3.63, 3.8) is 0 Å². The summed E-state index contributed by atoms with van der Waals surface area (Å²) >= 11 is 0. The van der Waals surface area contributed by atoms with E-state index >= 15 is 0 Å². The summed E-state index contributed by atoms with van der Waals surface area (Å²) in [6.45, 7) is 0.0992. The quantitative estimate of drug-likeness (QED) is 0.307. The van der Waals surface area contributed by atoms with Crippen LogP contribution < -0.4 is 19.7 Å². The van der Waals surface area contributed by atoms with Crippen molar-refractivity contribution < 1.29 is 50.0 Å². The van der Waals surface area contributed by atoms with E-state index in [0.717, 1.165) is 12.1 Å². The molecule has 1 aromatic carbocycles. The first-order valence-corrected chi connectivity index (χ1v) is 17.0. The Kier molecular flexibility index (Phi) is 9.38. The smallest absolute Gasteiger partial charge is 0.372 e. The van der Waals surface area contributed by atoms with Gasteiger partial charge in [-0.25, -0.2) is 21.8 Å². The van der Waals surface area contributed by atoms with Crippen LogP contribution in [0.4, 0.5) is 14.5 Å². The molecule has 5 rings (SSSR count). The number of piperidine rings is 1. The predicted octanol–water partition coefficient (Wildman–Crippen LogP) is 0.611. The average molecular weight is 663 g/mol. The van der Waals surface area contributed by atoms with Gasteiger partial charge >= 0.3 is 5.25 Å². The van der Waals surface area contributed by atoms with E-state index < -0.39 is 48.3 Å². The number of pyridine rings is 1. The van der Waals surface area contributed by atoms with Crippen molar-refractivity contribution in [2.75, 3.05) is 64.6 Å². The van der Waals surface area contributed by atoms with Gasteiger partial charge in [0.05, 0.1) is 29.8 Å². The number of ether oxygens (including phenoxy) is 3.